The van der Waals surface area contributed by atoms with E-state index in [9.17, 15) is 0 Å². The molecular formula is C55H37NS. The molecule has 0 atom stereocenters. The van der Waals surface area contributed by atoms with Gasteiger partial charge in [-0.05, 0) is 110 Å². The van der Waals surface area contributed by atoms with Gasteiger partial charge in [0.15, 0.2) is 0 Å². The highest BCUT2D eigenvalue weighted by atomic mass is 32.1. The van der Waals surface area contributed by atoms with Crippen molar-refractivity contribution in [1.29, 1.82) is 0 Å². The maximum atomic E-state index is 2.45. The zero-order valence-corrected chi connectivity index (χ0v) is 32.0. The normalized spacial score (nSPS) is 12.7. The third-order valence-electron chi connectivity index (χ3n) is 11.8. The molecule has 268 valence electrons. The number of hydrogen-bond acceptors (Lipinski definition) is 2. The minimum atomic E-state index is -0.485. The van der Waals surface area contributed by atoms with Crippen LogP contribution in [0.15, 0.2) is 224 Å². The number of nitrogens with zero attached hydrogens (tertiary/aromatic N) is 1. The van der Waals surface area contributed by atoms with E-state index < -0.39 is 5.41 Å². The van der Waals surface area contributed by atoms with Gasteiger partial charge in [0.25, 0.3) is 0 Å². The van der Waals surface area contributed by atoms with Crippen LogP contribution in [0.3, 0.4) is 0 Å². The average molecular weight is 744 g/mol. The Balaban J connectivity index is 1.08. The smallest absolute Gasteiger partial charge is 0.0714 e. The molecule has 1 nitrogen and oxygen atoms in total. The molecule has 1 aliphatic rings. The lowest BCUT2D eigenvalue weighted by atomic mass is 9.67. The molecule has 1 heterocycles. The first kappa shape index (κ1) is 33.3. The lowest BCUT2D eigenvalue weighted by Gasteiger charge is -2.35. The second kappa shape index (κ2) is 13.6. The van der Waals surface area contributed by atoms with Gasteiger partial charge in [-0.2, -0.15) is 0 Å². The first-order valence-electron chi connectivity index (χ1n) is 19.6. The largest absolute Gasteiger partial charge is 0.310 e. The van der Waals surface area contributed by atoms with E-state index in [2.05, 4.69) is 229 Å². The van der Waals surface area contributed by atoms with Gasteiger partial charge in [0.1, 0.15) is 0 Å². The van der Waals surface area contributed by atoms with Crippen molar-refractivity contribution in [2.45, 2.75) is 5.41 Å². The molecule has 10 aromatic rings. The van der Waals surface area contributed by atoms with Crippen LogP contribution in [-0.4, -0.2) is 0 Å². The molecule has 11 rings (SSSR count). The molecule has 0 amide bonds. The summed E-state index contributed by atoms with van der Waals surface area (Å²) in [4.78, 5) is 2.41. The highest BCUT2D eigenvalue weighted by Gasteiger charge is 2.46. The van der Waals surface area contributed by atoms with Crippen LogP contribution < -0.4 is 4.90 Å². The zero-order valence-electron chi connectivity index (χ0n) is 31.2. The van der Waals surface area contributed by atoms with Crippen LogP contribution in [0.1, 0.15) is 22.3 Å². The molecule has 1 aliphatic carbocycles. The summed E-state index contributed by atoms with van der Waals surface area (Å²) in [6.07, 6.45) is 0. The van der Waals surface area contributed by atoms with Gasteiger partial charge in [-0.15, -0.1) is 11.3 Å². The quantitative estimate of drug-likeness (QED) is 0.157. The van der Waals surface area contributed by atoms with E-state index in [1.165, 1.54) is 75.8 Å². The number of rotatable bonds is 7. The molecule has 0 aliphatic heterocycles. The molecule has 9 aromatic carbocycles. The van der Waals surface area contributed by atoms with Crippen molar-refractivity contribution in [2.24, 2.45) is 0 Å². The SMILES string of the molecule is c1ccc(-c2ccc(N(c3ccc(-c4ccc5sc6ccccc6c5c4)cc3)c3ccc4c(c3)C(c3ccccc3)(c3ccccc3)c3ccccc3-4)cc2)cc1. The summed E-state index contributed by atoms with van der Waals surface area (Å²) in [5.41, 5.74) is 15.4. The Hall–Kier alpha value is -7.00. The van der Waals surface area contributed by atoms with E-state index in [-0.39, 0.29) is 0 Å². The summed E-state index contributed by atoms with van der Waals surface area (Å²) in [6.45, 7) is 0. The standard InChI is InChI=1S/C55H37NS/c1-4-14-38(15-5-1)39-24-29-44(30-25-39)56(45-31-26-40(27-32-45)41-28-35-54-50(36-41)49-21-11-13-23-53(49)57-54)46-33-34-48-47-20-10-12-22-51(47)55(52(48)37-46,42-16-6-2-7-17-42)43-18-8-3-9-19-43/h1-37H. The molecule has 0 saturated heterocycles. The van der Waals surface area contributed by atoms with Gasteiger partial charge < -0.3 is 4.90 Å². The van der Waals surface area contributed by atoms with E-state index in [1.807, 2.05) is 11.3 Å². The maximum absolute atomic E-state index is 2.45. The number of anilines is 3. The highest BCUT2D eigenvalue weighted by Crippen LogP contribution is 2.57. The number of hydrogen-bond donors (Lipinski definition) is 0. The fourth-order valence-electron chi connectivity index (χ4n) is 9.16. The van der Waals surface area contributed by atoms with Crippen molar-refractivity contribution < 1.29 is 0 Å². The van der Waals surface area contributed by atoms with Crippen molar-refractivity contribution in [3.63, 3.8) is 0 Å². The Kier molecular flexibility index (Phi) is 7.98. The fraction of sp³-hybridized carbons (Fsp3) is 0.0182. The van der Waals surface area contributed by atoms with Crippen LogP contribution in [-0.2, 0) is 5.41 Å². The van der Waals surface area contributed by atoms with Gasteiger partial charge >= 0.3 is 0 Å². The number of thiophene rings is 1. The van der Waals surface area contributed by atoms with Crippen molar-refractivity contribution in [2.75, 3.05) is 4.90 Å². The second-order valence-electron chi connectivity index (χ2n) is 14.9. The molecule has 0 fully saturated rings. The molecule has 0 radical (unpaired) electrons. The van der Waals surface area contributed by atoms with Crippen LogP contribution in [0, 0.1) is 0 Å². The highest BCUT2D eigenvalue weighted by molar-refractivity contribution is 7.25. The van der Waals surface area contributed by atoms with Crippen molar-refractivity contribution in [3.8, 4) is 33.4 Å². The van der Waals surface area contributed by atoms with Gasteiger partial charge in [-0.3, -0.25) is 0 Å². The Labute approximate surface area is 337 Å². The minimum absolute atomic E-state index is 0.485. The lowest BCUT2D eigenvalue weighted by molar-refractivity contribution is 0.768. The molecule has 1 aromatic heterocycles. The van der Waals surface area contributed by atoms with Crippen LogP contribution in [0.4, 0.5) is 17.1 Å². The Morgan fingerprint density at radius 2 is 0.807 bits per heavy atom. The predicted molar refractivity (Wildman–Crippen MR) is 242 cm³/mol. The van der Waals surface area contributed by atoms with Gasteiger partial charge in [-0.1, -0.05) is 170 Å². The van der Waals surface area contributed by atoms with Crippen LogP contribution >= 0.6 is 11.3 Å². The van der Waals surface area contributed by atoms with Crippen LogP contribution in [0.2, 0.25) is 0 Å². The first-order chi connectivity index (χ1) is 28.3. The summed E-state index contributed by atoms with van der Waals surface area (Å²) >= 11 is 1.86. The number of benzene rings is 9. The van der Waals surface area contributed by atoms with Crippen molar-refractivity contribution >= 4 is 48.6 Å². The molecule has 0 saturated carbocycles. The van der Waals surface area contributed by atoms with Crippen molar-refractivity contribution in [1.82, 2.24) is 0 Å². The van der Waals surface area contributed by atoms with Gasteiger partial charge in [0, 0.05) is 37.2 Å². The van der Waals surface area contributed by atoms with Crippen molar-refractivity contribution in [3.05, 3.63) is 247 Å². The monoisotopic (exact) mass is 743 g/mol. The Morgan fingerprint density at radius 1 is 0.316 bits per heavy atom. The molecule has 0 spiro atoms. The molecule has 57 heavy (non-hydrogen) atoms. The minimum Gasteiger partial charge on any atom is -0.310 e. The Morgan fingerprint density at radius 3 is 1.49 bits per heavy atom. The predicted octanol–water partition coefficient (Wildman–Crippen LogP) is 15.2. The zero-order chi connectivity index (χ0) is 37.8. The second-order valence-corrected chi connectivity index (χ2v) is 15.9. The fourth-order valence-corrected chi connectivity index (χ4v) is 10.2. The summed E-state index contributed by atoms with van der Waals surface area (Å²) < 4.78 is 2.65. The van der Waals surface area contributed by atoms with Gasteiger partial charge in [-0.25, -0.2) is 0 Å². The first-order valence-corrected chi connectivity index (χ1v) is 20.4. The van der Waals surface area contributed by atoms with E-state index in [0.29, 0.717) is 0 Å². The average Bonchev–Trinajstić information content (AvgIpc) is 3.81. The van der Waals surface area contributed by atoms with E-state index >= 15 is 0 Å². The summed E-state index contributed by atoms with van der Waals surface area (Å²) in [6, 6.07) is 82.5. The molecule has 0 unspecified atom stereocenters. The summed E-state index contributed by atoms with van der Waals surface area (Å²) in [5.74, 6) is 0. The van der Waals surface area contributed by atoms with Gasteiger partial charge in [0.2, 0.25) is 0 Å². The van der Waals surface area contributed by atoms with E-state index in [0.717, 1.165) is 17.1 Å². The number of fused-ring (bicyclic) bond motifs is 6. The Bertz CT molecular complexity index is 3000. The molecule has 0 bridgehead atoms. The molecular weight excluding hydrogens is 707 g/mol. The third kappa shape index (κ3) is 5.44. The third-order valence-corrected chi connectivity index (χ3v) is 12.9. The topological polar surface area (TPSA) is 3.24 Å². The molecule has 0 N–H and O–H groups in total. The summed E-state index contributed by atoms with van der Waals surface area (Å²) in [7, 11) is 0. The maximum Gasteiger partial charge on any atom is 0.0714 e. The van der Waals surface area contributed by atoms with Gasteiger partial charge in [0.05, 0.1) is 5.41 Å². The van der Waals surface area contributed by atoms with Crippen LogP contribution in [0.25, 0.3) is 53.6 Å². The lowest BCUT2D eigenvalue weighted by Crippen LogP contribution is -2.28. The van der Waals surface area contributed by atoms with E-state index in [1.54, 1.807) is 0 Å². The molecule has 2 heteroatoms. The van der Waals surface area contributed by atoms with Crippen LogP contribution in [0.5, 0.6) is 0 Å². The summed E-state index contributed by atoms with van der Waals surface area (Å²) in [5, 5.41) is 2.64. The van der Waals surface area contributed by atoms with E-state index in [4.69, 9.17) is 0 Å².